The molecule has 4 aliphatic rings. The molecule has 5 aromatic rings. The maximum absolute atomic E-state index is 4.57. The predicted octanol–water partition coefficient (Wildman–Crippen LogP) is 7.50. The third-order valence-electron chi connectivity index (χ3n) is 8.64. The van der Waals surface area contributed by atoms with Gasteiger partial charge in [-0.05, 0) is 91.7 Å². The van der Waals surface area contributed by atoms with Crippen molar-refractivity contribution < 1.29 is 0 Å². The average molecular weight is 447 g/mol. The minimum atomic E-state index is 0.972. The third-order valence-corrected chi connectivity index (χ3v) is 8.64. The van der Waals surface area contributed by atoms with Crippen molar-refractivity contribution in [3.05, 3.63) is 130 Å². The van der Waals surface area contributed by atoms with Crippen LogP contribution in [0.2, 0.25) is 0 Å². The topological polar surface area (TPSA) is 16.1 Å². The monoisotopic (exact) mass is 446 g/mol. The van der Waals surface area contributed by atoms with Gasteiger partial charge in [-0.25, -0.2) is 0 Å². The van der Waals surface area contributed by atoms with E-state index >= 15 is 0 Å². The molecule has 4 aromatic carbocycles. The first kappa shape index (κ1) is 18.2. The van der Waals surface area contributed by atoms with Crippen LogP contribution in [0.4, 0.5) is 17.1 Å². The van der Waals surface area contributed by atoms with Crippen LogP contribution in [0.1, 0.15) is 44.5 Å². The van der Waals surface area contributed by atoms with Crippen molar-refractivity contribution in [2.45, 2.75) is 25.7 Å². The first-order chi connectivity index (χ1) is 17.3. The van der Waals surface area contributed by atoms with E-state index in [1.54, 1.807) is 0 Å². The average Bonchev–Trinajstić information content (AvgIpc) is 3.47. The van der Waals surface area contributed by atoms with Crippen molar-refractivity contribution in [2.75, 3.05) is 4.90 Å². The van der Waals surface area contributed by atoms with Gasteiger partial charge in [0.2, 0.25) is 0 Å². The largest absolute Gasteiger partial charge is 0.308 e. The summed E-state index contributed by atoms with van der Waals surface area (Å²) in [5.41, 5.74) is 21.4. The van der Waals surface area contributed by atoms with E-state index in [0.717, 1.165) is 25.7 Å². The molecule has 164 valence electrons. The molecule has 3 heterocycles. The number of hydrogen-bond acceptors (Lipinski definition) is 2. The van der Waals surface area contributed by atoms with Gasteiger partial charge in [-0.3, -0.25) is 4.98 Å². The van der Waals surface area contributed by atoms with Gasteiger partial charge in [0.05, 0.1) is 23.3 Å². The predicted molar refractivity (Wildman–Crippen MR) is 141 cm³/mol. The fourth-order valence-corrected chi connectivity index (χ4v) is 7.23. The number of hydrogen-bond donors (Lipinski definition) is 0. The summed E-state index contributed by atoms with van der Waals surface area (Å²) in [5, 5.41) is 0. The number of rotatable bonds is 0. The molecule has 2 aliphatic carbocycles. The lowest BCUT2D eigenvalue weighted by molar-refractivity contribution is 0.986. The molecule has 0 N–H and O–H groups in total. The lowest BCUT2D eigenvalue weighted by Gasteiger charge is -2.40. The SMILES string of the molecule is c1ccc2c(c1)Cc1c-2ccc2c1Cc1cc3c(c4c1N2c1cnccc1C4)-c1ccccc1C3. The van der Waals surface area contributed by atoms with Gasteiger partial charge >= 0.3 is 0 Å². The van der Waals surface area contributed by atoms with Crippen LogP contribution in [0.25, 0.3) is 22.3 Å². The summed E-state index contributed by atoms with van der Waals surface area (Å²) in [5.74, 6) is 0. The Morgan fingerprint density at radius 1 is 0.543 bits per heavy atom. The normalized spacial score (nSPS) is 14.9. The number of nitrogens with zero attached hydrogens (tertiary/aromatic N) is 2. The lowest BCUT2D eigenvalue weighted by Crippen LogP contribution is -2.26. The lowest BCUT2D eigenvalue weighted by atomic mass is 9.81. The van der Waals surface area contributed by atoms with E-state index in [-0.39, 0.29) is 0 Å². The second-order valence-corrected chi connectivity index (χ2v) is 10.3. The van der Waals surface area contributed by atoms with Crippen LogP contribution in [-0.2, 0) is 25.7 Å². The van der Waals surface area contributed by atoms with Crippen molar-refractivity contribution >= 4 is 17.1 Å². The van der Waals surface area contributed by atoms with Crippen LogP contribution in [0.3, 0.4) is 0 Å². The Kier molecular flexibility index (Phi) is 3.27. The Balaban J connectivity index is 1.35. The van der Waals surface area contributed by atoms with Gasteiger partial charge in [-0.2, -0.15) is 0 Å². The standard InChI is InChI=1S/C33H22N2/c1-3-7-24-20(6-1)15-27-26(24)9-10-30-28(27)17-23-14-22-13-19-5-2-4-8-25(19)32(22)29-16-21-11-12-34-18-31(21)35(30)33(23)29/h1-12,14,18H,13,15-17H2. The minimum absolute atomic E-state index is 0.972. The minimum Gasteiger partial charge on any atom is -0.308 e. The van der Waals surface area contributed by atoms with E-state index < -0.39 is 0 Å². The molecular formula is C33H22N2. The number of fused-ring (bicyclic) bond motifs is 12. The summed E-state index contributed by atoms with van der Waals surface area (Å²) in [7, 11) is 0. The van der Waals surface area contributed by atoms with E-state index in [2.05, 4.69) is 88.9 Å². The Bertz CT molecular complexity index is 1760. The Labute approximate surface area is 204 Å². The van der Waals surface area contributed by atoms with Crippen molar-refractivity contribution in [3.63, 3.8) is 0 Å². The molecule has 0 saturated carbocycles. The molecule has 1 aromatic heterocycles. The van der Waals surface area contributed by atoms with E-state index in [1.165, 1.54) is 83.8 Å². The third kappa shape index (κ3) is 2.23. The summed E-state index contributed by atoms with van der Waals surface area (Å²) in [6.45, 7) is 0. The first-order valence-corrected chi connectivity index (χ1v) is 12.6. The van der Waals surface area contributed by atoms with Crippen molar-refractivity contribution in [2.24, 2.45) is 0 Å². The van der Waals surface area contributed by atoms with Gasteiger partial charge < -0.3 is 4.90 Å². The van der Waals surface area contributed by atoms with Gasteiger partial charge in [-0.15, -0.1) is 0 Å². The summed E-state index contributed by atoms with van der Waals surface area (Å²) < 4.78 is 0. The first-order valence-electron chi connectivity index (χ1n) is 12.6. The van der Waals surface area contributed by atoms with Gasteiger partial charge in [0.1, 0.15) is 0 Å². The summed E-state index contributed by atoms with van der Waals surface area (Å²) in [6, 6.07) is 27.4. The van der Waals surface area contributed by atoms with E-state index in [4.69, 9.17) is 0 Å². The van der Waals surface area contributed by atoms with Crippen molar-refractivity contribution in [1.82, 2.24) is 4.98 Å². The zero-order valence-corrected chi connectivity index (χ0v) is 19.3. The molecule has 2 nitrogen and oxygen atoms in total. The second kappa shape index (κ2) is 6.28. The zero-order valence-electron chi connectivity index (χ0n) is 19.3. The number of pyridine rings is 1. The smallest absolute Gasteiger partial charge is 0.0680 e. The number of anilines is 3. The van der Waals surface area contributed by atoms with E-state index in [1.807, 2.05) is 6.20 Å². The molecule has 0 unspecified atom stereocenters. The highest BCUT2D eigenvalue weighted by atomic mass is 15.2. The molecule has 0 saturated heterocycles. The molecule has 0 bridgehead atoms. The van der Waals surface area contributed by atoms with Crippen molar-refractivity contribution in [3.8, 4) is 22.3 Å². The Morgan fingerprint density at radius 2 is 1.31 bits per heavy atom. The highest BCUT2D eigenvalue weighted by molar-refractivity contribution is 5.97. The van der Waals surface area contributed by atoms with Gasteiger partial charge in [-0.1, -0.05) is 60.7 Å². The number of benzene rings is 4. The quantitative estimate of drug-likeness (QED) is 0.240. The van der Waals surface area contributed by atoms with Crippen LogP contribution in [0, 0.1) is 0 Å². The van der Waals surface area contributed by atoms with Crippen molar-refractivity contribution in [1.29, 1.82) is 0 Å². The molecule has 0 atom stereocenters. The molecule has 0 radical (unpaired) electrons. The van der Waals surface area contributed by atoms with Crippen LogP contribution >= 0.6 is 0 Å². The summed E-state index contributed by atoms with van der Waals surface area (Å²) in [6.07, 6.45) is 8.07. The maximum atomic E-state index is 4.57. The van der Waals surface area contributed by atoms with Crippen LogP contribution in [0.15, 0.2) is 85.2 Å². The van der Waals surface area contributed by atoms with E-state index in [0.29, 0.717) is 0 Å². The fraction of sp³-hybridized carbons (Fsp3) is 0.121. The van der Waals surface area contributed by atoms with Gasteiger partial charge in [0, 0.05) is 19.0 Å². The van der Waals surface area contributed by atoms with Crippen LogP contribution in [-0.4, -0.2) is 4.98 Å². The molecular weight excluding hydrogens is 424 g/mol. The van der Waals surface area contributed by atoms with Gasteiger partial charge in [0.25, 0.3) is 0 Å². The van der Waals surface area contributed by atoms with Gasteiger partial charge in [0.15, 0.2) is 0 Å². The highest BCUT2D eigenvalue weighted by Crippen LogP contribution is 2.56. The molecule has 0 fully saturated rings. The summed E-state index contributed by atoms with van der Waals surface area (Å²) in [4.78, 5) is 7.11. The van der Waals surface area contributed by atoms with Crippen LogP contribution < -0.4 is 4.90 Å². The molecule has 0 spiro atoms. The molecule has 2 aliphatic heterocycles. The number of aromatic nitrogens is 1. The van der Waals surface area contributed by atoms with Crippen LogP contribution in [0.5, 0.6) is 0 Å². The maximum Gasteiger partial charge on any atom is 0.0680 e. The van der Waals surface area contributed by atoms with E-state index in [9.17, 15) is 0 Å². The molecule has 9 rings (SSSR count). The molecule has 0 amide bonds. The molecule has 35 heavy (non-hydrogen) atoms. The fourth-order valence-electron chi connectivity index (χ4n) is 7.23. The second-order valence-electron chi connectivity index (χ2n) is 10.3. The summed E-state index contributed by atoms with van der Waals surface area (Å²) >= 11 is 0. The zero-order chi connectivity index (χ0) is 22.7. The molecule has 2 heteroatoms. The Morgan fingerprint density at radius 3 is 2.23 bits per heavy atom. The Hall–Kier alpha value is -4.17. The highest BCUT2D eigenvalue weighted by Gasteiger charge is 2.38.